The first-order valence-corrected chi connectivity index (χ1v) is 7.23. The smallest absolute Gasteiger partial charge is 0.0321 e. The lowest BCUT2D eigenvalue weighted by Crippen LogP contribution is -1.81. The van der Waals surface area contributed by atoms with Gasteiger partial charge >= 0.3 is 0 Å². The van der Waals surface area contributed by atoms with Crippen LogP contribution in [0.5, 0.6) is 0 Å². The molecule has 0 aliphatic rings. The molecule has 0 nitrogen and oxygen atoms in total. The van der Waals surface area contributed by atoms with Crippen molar-refractivity contribution in [3.8, 4) is 11.8 Å². The summed E-state index contributed by atoms with van der Waals surface area (Å²) in [6, 6.07) is 18.4. The predicted molar refractivity (Wildman–Crippen MR) is 87.4 cm³/mol. The van der Waals surface area contributed by atoms with E-state index in [9.17, 15) is 0 Å². The van der Waals surface area contributed by atoms with E-state index in [4.69, 9.17) is 0 Å². The summed E-state index contributed by atoms with van der Waals surface area (Å²) in [7, 11) is 0. The van der Waals surface area contributed by atoms with Gasteiger partial charge in [-0.1, -0.05) is 80.2 Å². The van der Waals surface area contributed by atoms with Crippen LogP contribution in [0.3, 0.4) is 0 Å². The van der Waals surface area contributed by atoms with Crippen LogP contribution in [0.1, 0.15) is 42.9 Å². The molecule has 0 saturated heterocycles. The molecule has 0 atom stereocenters. The van der Waals surface area contributed by atoms with Crippen LogP contribution in [-0.4, -0.2) is 0 Å². The molecule has 0 amide bonds. The third-order valence-electron chi connectivity index (χ3n) is 3.10. The minimum absolute atomic E-state index is 1.05. The van der Waals surface area contributed by atoms with Crippen molar-refractivity contribution in [3.63, 3.8) is 0 Å². The molecule has 2 aromatic carbocycles. The van der Waals surface area contributed by atoms with Gasteiger partial charge in [0, 0.05) is 11.1 Å². The largest absolute Gasteiger partial charge is 0.0839 e. The summed E-state index contributed by atoms with van der Waals surface area (Å²) in [6.45, 7) is 2.22. The monoisotopic (exact) mass is 260 g/mol. The van der Waals surface area contributed by atoms with Crippen molar-refractivity contribution < 1.29 is 0 Å². The highest BCUT2D eigenvalue weighted by atomic mass is 14.0. The molecule has 0 N–H and O–H groups in total. The summed E-state index contributed by atoms with van der Waals surface area (Å²) in [5.41, 5.74) is 3.34. The molecule has 0 aromatic heterocycles. The van der Waals surface area contributed by atoms with Crippen molar-refractivity contribution >= 4 is 6.08 Å². The van der Waals surface area contributed by atoms with Gasteiger partial charge in [0.05, 0.1) is 0 Å². The Balaban J connectivity index is 2.16. The van der Waals surface area contributed by atoms with Gasteiger partial charge in [0.1, 0.15) is 0 Å². The Morgan fingerprint density at radius 3 is 2.45 bits per heavy atom. The van der Waals surface area contributed by atoms with Gasteiger partial charge < -0.3 is 0 Å². The Kier molecular flexibility index (Phi) is 5.68. The van der Waals surface area contributed by atoms with Gasteiger partial charge in [-0.3, -0.25) is 0 Å². The molecule has 0 aliphatic carbocycles. The maximum Gasteiger partial charge on any atom is 0.0321 e. The molecule has 0 heteroatoms. The van der Waals surface area contributed by atoms with E-state index >= 15 is 0 Å². The Hall–Kier alpha value is -2.26. The van der Waals surface area contributed by atoms with Gasteiger partial charge in [0.15, 0.2) is 0 Å². The highest BCUT2D eigenvalue weighted by Crippen LogP contribution is 2.11. The molecule has 0 radical (unpaired) electrons. The molecule has 20 heavy (non-hydrogen) atoms. The zero-order valence-electron chi connectivity index (χ0n) is 12.0. The van der Waals surface area contributed by atoms with Gasteiger partial charge in [-0.25, -0.2) is 0 Å². The molecule has 100 valence electrons. The van der Waals surface area contributed by atoms with E-state index in [1.807, 2.05) is 36.4 Å². The summed E-state index contributed by atoms with van der Waals surface area (Å²) < 4.78 is 0. The van der Waals surface area contributed by atoms with E-state index in [-0.39, 0.29) is 0 Å². The van der Waals surface area contributed by atoms with Crippen LogP contribution in [0.15, 0.2) is 60.7 Å². The SMILES string of the molecule is CCCC/C=C/c1ccccc1C#Cc1ccccc1. The Morgan fingerprint density at radius 2 is 1.65 bits per heavy atom. The predicted octanol–water partition coefficient (Wildman–Crippen LogP) is 5.29. The molecule has 0 bridgehead atoms. The number of unbranched alkanes of at least 4 members (excludes halogenated alkanes) is 2. The van der Waals surface area contributed by atoms with E-state index in [0.717, 1.165) is 17.5 Å². The van der Waals surface area contributed by atoms with Crippen LogP contribution in [0.2, 0.25) is 0 Å². The van der Waals surface area contributed by atoms with E-state index in [0.29, 0.717) is 0 Å². The van der Waals surface area contributed by atoms with Crippen molar-refractivity contribution in [2.24, 2.45) is 0 Å². The quantitative estimate of drug-likeness (QED) is 0.517. The molecule has 0 aliphatic heterocycles. The number of benzene rings is 2. The van der Waals surface area contributed by atoms with Crippen LogP contribution in [0.4, 0.5) is 0 Å². The average Bonchev–Trinajstić information content (AvgIpc) is 2.51. The van der Waals surface area contributed by atoms with E-state index < -0.39 is 0 Å². The third-order valence-corrected chi connectivity index (χ3v) is 3.10. The summed E-state index contributed by atoms with van der Waals surface area (Å²) in [6.07, 6.45) is 8.04. The fraction of sp³-hybridized carbons (Fsp3) is 0.200. The second-order valence-corrected chi connectivity index (χ2v) is 4.75. The fourth-order valence-electron chi connectivity index (χ4n) is 1.95. The van der Waals surface area contributed by atoms with Gasteiger partial charge in [-0.05, 0) is 30.2 Å². The normalized spacial score (nSPS) is 10.2. The standard InChI is InChI=1S/C20H20/c1-2-3-4-8-13-19-14-9-10-15-20(19)17-16-18-11-6-5-7-12-18/h5-15H,2-4H2,1H3/b13-8+. The summed E-state index contributed by atoms with van der Waals surface area (Å²) in [5.74, 6) is 6.49. The molecule has 2 rings (SSSR count). The summed E-state index contributed by atoms with van der Waals surface area (Å²) in [4.78, 5) is 0. The third kappa shape index (κ3) is 4.44. The molecular formula is C20H20. The van der Waals surface area contributed by atoms with Crippen molar-refractivity contribution in [1.29, 1.82) is 0 Å². The molecule has 2 aromatic rings. The first-order chi connectivity index (χ1) is 9.90. The first-order valence-electron chi connectivity index (χ1n) is 7.23. The van der Waals surface area contributed by atoms with E-state index in [2.05, 4.69) is 49.1 Å². The number of allylic oxidation sites excluding steroid dienone is 1. The zero-order chi connectivity index (χ0) is 14.0. The Labute approximate surface area is 122 Å². The molecule has 0 saturated carbocycles. The number of hydrogen-bond acceptors (Lipinski definition) is 0. The van der Waals surface area contributed by atoms with Crippen LogP contribution in [-0.2, 0) is 0 Å². The molecule has 0 fully saturated rings. The topological polar surface area (TPSA) is 0 Å². The van der Waals surface area contributed by atoms with Gasteiger partial charge in [0.2, 0.25) is 0 Å². The maximum absolute atomic E-state index is 3.27. The van der Waals surface area contributed by atoms with Crippen LogP contribution in [0, 0.1) is 11.8 Å². The van der Waals surface area contributed by atoms with Crippen LogP contribution >= 0.6 is 0 Å². The average molecular weight is 260 g/mol. The Morgan fingerprint density at radius 1 is 0.900 bits per heavy atom. The van der Waals surface area contributed by atoms with E-state index in [1.165, 1.54) is 18.4 Å². The lowest BCUT2D eigenvalue weighted by Gasteiger charge is -1.98. The number of hydrogen-bond donors (Lipinski definition) is 0. The molecule has 0 unspecified atom stereocenters. The second-order valence-electron chi connectivity index (χ2n) is 4.75. The van der Waals surface area contributed by atoms with Crippen LogP contribution < -0.4 is 0 Å². The maximum atomic E-state index is 3.27. The summed E-state index contributed by atoms with van der Waals surface area (Å²) in [5, 5.41) is 0. The van der Waals surface area contributed by atoms with Gasteiger partial charge in [-0.15, -0.1) is 0 Å². The Bertz CT molecular complexity index is 609. The van der Waals surface area contributed by atoms with E-state index in [1.54, 1.807) is 0 Å². The first kappa shape index (κ1) is 14.2. The van der Waals surface area contributed by atoms with Crippen LogP contribution in [0.25, 0.3) is 6.08 Å². The molecule has 0 spiro atoms. The van der Waals surface area contributed by atoms with Gasteiger partial charge in [-0.2, -0.15) is 0 Å². The minimum Gasteiger partial charge on any atom is -0.0839 e. The highest BCUT2D eigenvalue weighted by Gasteiger charge is 1.94. The minimum atomic E-state index is 1.05. The highest BCUT2D eigenvalue weighted by molar-refractivity contribution is 5.60. The lowest BCUT2D eigenvalue weighted by molar-refractivity contribution is 0.816. The number of rotatable bonds is 4. The fourth-order valence-corrected chi connectivity index (χ4v) is 1.95. The second kappa shape index (κ2) is 8.02. The van der Waals surface area contributed by atoms with Crippen molar-refractivity contribution in [2.45, 2.75) is 26.2 Å². The van der Waals surface area contributed by atoms with Crippen molar-refractivity contribution in [2.75, 3.05) is 0 Å². The van der Waals surface area contributed by atoms with Crippen molar-refractivity contribution in [1.82, 2.24) is 0 Å². The molecular weight excluding hydrogens is 240 g/mol. The summed E-state index contributed by atoms with van der Waals surface area (Å²) >= 11 is 0. The lowest BCUT2D eigenvalue weighted by atomic mass is 10.1. The molecule has 0 heterocycles. The van der Waals surface area contributed by atoms with Crippen molar-refractivity contribution in [3.05, 3.63) is 77.4 Å². The van der Waals surface area contributed by atoms with Gasteiger partial charge in [0.25, 0.3) is 0 Å². The zero-order valence-corrected chi connectivity index (χ0v) is 12.0.